The number of amides is 3. The second-order valence-electron chi connectivity index (χ2n) is 10.0. The number of hydrogen-bond acceptors (Lipinski definition) is 8. The third-order valence-corrected chi connectivity index (χ3v) is 7.37. The number of benzene rings is 3. The maximum atomic E-state index is 13.4. The average molecular weight is 570 g/mol. The lowest BCUT2D eigenvalue weighted by Gasteiger charge is -2.34. The molecule has 0 bridgehead atoms. The van der Waals surface area contributed by atoms with E-state index < -0.39 is 29.8 Å². The summed E-state index contributed by atoms with van der Waals surface area (Å²) in [5.41, 5.74) is 4.18. The molecule has 0 spiro atoms. The van der Waals surface area contributed by atoms with Crippen LogP contribution in [0.25, 0.3) is 11.4 Å². The first-order valence-corrected chi connectivity index (χ1v) is 13.4. The molecular weight excluding hydrogens is 542 g/mol. The molecule has 0 aliphatic carbocycles. The van der Waals surface area contributed by atoms with Gasteiger partial charge in [0.25, 0.3) is 17.7 Å². The van der Waals surface area contributed by atoms with Crippen molar-refractivity contribution in [2.24, 2.45) is 0 Å². The van der Waals surface area contributed by atoms with Crippen LogP contribution in [0.15, 0.2) is 82.1 Å². The van der Waals surface area contributed by atoms with Gasteiger partial charge in [0.05, 0.1) is 6.61 Å². The molecule has 3 amide bonds. The lowest BCUT2D eigenvalue weighted by atomic mass is 9.99. The molecule has 1 saturated heterocycles. The number of H-pyrrole nitrogens is 1. The van der Waals surface area contributed by atoms with Gasteiger partial charge in [0.1, 0.15) is 0 Å². The van der Waals surface area contributed by atoms with Gasteiger partial charge in [-0.25, -0.2) is 4.79 Å². The molecule has 4 aromatic rings. The number of anilines is 2. The first-order valence-electron chi connectivity index (χ1n) is 13.4. The highest BCUT2D eigenvalue weighted by molar-refractivity contribution is 6.04. The minimum absolute atomic E-state index is 0.0897. The van der Waals surface area contributed by atoms with E-state index in [1.807, 2.05) is 18.2 Å². The number of aliphatic hydroxyl groups is 1. The van der Waals surface area contributed by atoms with Crippen molar-refractivity contribution in [1.82, 2.24) is 15.0 Å². The Bertz CT molecular complexity index is 1700. The summed E-state index contributed by atoms with van der Waals surface area (Å²) in [7, 11) is 0. The molecule has 3 N–H and O–H groups in total. The molecule has 2 atom stereocenters. The van der Waals surface area contributed by atoms with Crippen molar-refractivity contribution in [3.8, 4) is 11.4 Å². The number of nitrogens with zero attached hydrogens (tertiary/aromatic N) is 3. The van der Waals surface area contributed by atoms with Crippen molar-refractivity contribution in [2.75, 3.05) is 29.9 Å². The number of aliphatic hydroxyl groups excluding tert-OH is 1. The van der Waals surface area contributed by atoms with Crippen LogP contribution in [0.4, 0.5) is 11.4 Å². The van der Waals surface area contributed by atoms with Gasteiger partial charge in [-0.1, -0.05) is 35.5 Å². The van der Waals surface area contributed by atoms with E-state index in [1.54, 1.807) is 53.4 Å². The summed E-state index contributed by atoms with van der Waals surface area (Å²) < 4.78 is 10.0. The zero-order valence-electron chi connectivity index (χ0n) is 22.4. The summed E-state index contributed by atoms with van der Waals surface area (Å²) in [5, 5.41) is 16.9. The first kappa shape index (κ1) is 27.1. The molecule has 2 aliphatic rings. The highest BCUT2D eigenvalue weighted by Crippen LogP contribution is 2.25. The summed E-state index contributed by atoms with van der Waals surface area (Å²) in [6, 6.07) is 21.1. The smallest absolute Gasteiger partial charge is 0.380 e. The molecule has 3 heterocycles. The fourth-order valence-electron chi connectivity index (χ4n) is 5.17. The van der Waals surface area contributed by atoms with Gasteiger partial charge in [0, 0.05) is 42.1 Å². The molecule has 214 valence electrons. The second-order valence-corrected chi connectivity index (χ2v) is 10.0. The molecule has 3 aromatic carbocycles. The Hall–Kier alpha value is -5.07. The Kier molecular flexibility index (Phi) is 7.38. The van der Waals surface area contributed by atoms with Gasteiger partial charge in [-0.2, -0.15) is 0 Å². The van der Waals surface area contributed by atoms with Crippen molar-refractivity contribution in [3.63, 3.8) is 0 Å². The van der Waals surface area contributed by atoms with Crippen LogP contribution >= 0.6 is 0 Å². The van der Waals surface area contributed by atoms with Crippen LogP contribution in [0.2, 0.25) is 0 Å². The van der Waals surface area contributed by atoms with Gasteiger partial charge >= 0.3 is 5.76 Å². The molecule has 0 unspecified atom stereocenters. The number of nitrogens with one attached hydrogen (secondary N) is 2. The van der Waals surface area contributed by atoms with Gasteiger partial charge in [0.15, 0.2) is 18.0 Å². The first-order chi connectivity index (χ1) is 20.4. The predicted molar refractivity (Wildman–Crippen MR) is 151 cm³/mol. The van der Waals surface area contributed by atoms with Crippen molar-refractivity contribution in [3.05, 3.63) is 100 Å². The summed E-state index contributed by atoms with van der Waals surface area (Å²) in [6.07, 6.45) is -2.45. The van der Waals surface area contributed by atoms with Crippen LogP contribution in [-0.4, -0.2) is 69.8 Å². The largest absolute Gasteiger partial charge is 0.439 e. The number of ether oxygens (including phenoxy) is 1. The Labute approximate surface area is 239 Å². The van der Waals surface area contributed by atoms with Crippen LogP contribution in [0, 0.1) is 0 Å². The standard InChI is InChI=1S/C30H27N5O7/c36-24(27(37)31-22-10-8-19(9-11-22)26-32-30(40)42-33-26)25-29(39)35(14-15-41-25)23-7-3-6-20(16-23)28(38)34-13-12-18-4-1-2-5-21(18)17-34/h1-11,16,24-25,36H,12-15,17H2,(H,31,37)(H,32,33,40)/t24-,25-/m1/s1. The fourth-order valence-corrected chi connectivity index (χ4v) is 5.17. The number of fused-ring (bicyclic) bond motifs is 1. The Balaban J connectivity index is 1.12. The average Bonchev–Trinajstić information content (AvgIpc) is 3.46. The minimum Gasteiger partial charge on any atom is -0.380 e. The van der Waals surface area contributed by atoms with Crippen molar-refractivity contribution in [1.29, 1.82) is 0 Å². The highest BCUT2D eigenvalue weighted by Gasteiger charge is 2.39. The van der Waals surface area contributed by atoms with Gasteiger partial charge in [-0.3, -0.25) is 23.9 Å². The zero-order chi connectivity index (χ0) is 29.2. The number of aromatic nitrogens is 2. The second kappa shape index (κ2) is 11.4. The third-order valence-electron chi connectivity index (χ3n) is 7.37. The number of morpholine rings is 1. The van der Waals surface area contributed by atoms with Gasteiger partial charge < -0.3 is 25.0 Å². The topological polar surface area (TPSA) is 158 Å². The van der Waals surface area contributed by atoms with E-state index in [4.69, 9.17) is 4.74 Å². The Morgan fingerprint density at radius 1 is 1.00 bits per heavy atom. The van der Waals surface area contributed by atoms with E-state index in [-0.39, 0.29) is 24.9 Å². The molecule has 1 aromatic heterocycles. The molecule has 12 nitrogen and oxygen atoms in total. The zero-order valence-corrected chi connectivity index (χ0v) is 22.4. The predicted octanol–water partition coefficient (Wildman–Crippen LogP) is 1.96. The van der Waals surface area contributed by atoms with Crippen LogP contribution in [-0.2, 0) is 27.3 Å². The van der Waals surface area contributed by atoms with Crippen LogP contribution in [0.5, 0.6) is 0 Å². The normalized spacial score (nSPS) is 17.5. The van der Waals surface area contributed by atoms with Gasteiger partial charge in [0.2, 0.25) is 0 Å². The summed E-state index contributed by atoms with van der Waals surface area (Å²) in [5.74, 6) is -2.02. The van der Waals surface area contributed by atoms with E-state index in [1.165, 1.54) is 10.5 Å². The molecule has 2 aliphatic heterocycles. The number of carbonyl (C=O) groups is 3. The lowest BCUT2D eigenvalue weighted by Crippen LogP contribution is -2.55. The van der Waals surface area contributed by atoms with E-state index in [2.05, 4.69) is 26.0 Å². The summed E-state index contributed by atoms with van der Waals surface area (Å²) in [4.78, 5) is 56.3. The van der Waals surface area contributed by atoms with E-state index in [0.29, 0.717) is 35.6 Å². The summed E-state index contributed by atoms with van der Waals surface area (Å²) >= 11 is 0. The Morgan fingerprint density at radius 3 is 2.55 bits per heavy atom. The van der Waals surface area contributed by atoms with Crippen LogP contribution in [0.1, 0.15) is 21.5 Å². The molecule has 0 saturated carbocycles. The van der Waals surface area contributed by atoms with Gasteiger partial charge in [-0.05, 0) is 60.0 Å². The van der Waals surface area contributed by atoms with Crippen LogP contribution < -0.4 is 16.0 Å². The number of aromatic amines is 1. The highest BCUT2D eigenvalue weighted by atomic mass is 16.5. The maximum Gasteiger partial charge on any atom is 0.439 e. The minimum atomic E-state index is -1.79. The lowest BCUT2D eigenvalue weighted by molar-refractivity contribution is -0.150. The van der Waals surface area contributed by atoms with E-state index >= 15 is 0 Å². The quantitative estimate of drug-likeness (QED) is 0.318. The molecule has 12 heteroatoms. The third kappa shape index (κ3) is 5.45. The number of carbonyl (C=O) groups excluding carboxylic acids is 3. The maximum absolute atomic E-state index is 13.4. The summed E-state index contributed by atoms with van der Waals surface area (Å²) in [6.45, 7) is 1.40. The van der Waals surface area contributed by atoms with Crippen LogP contribution in [0.3, 0.4) is 0 Å². The van der Waals surface area contributed by atoms with E-state index in [9.17, 15) is 24.3 Å². The molecular formula is C30H27N5O7. The van der Waals surface area contributed by atoms with Crippen molar-refractivity contribution in [2.45, 2.75) is 25.2 Å². The van der Waals surface area contributed by atoms with Gasteiger partial charge in [-0.15, -0.1) is 0 Å². The molecule has 42 heavy (non-hydrogen) atoms. The number of hydrogen-bond donors (Lipinski definition) is 3. The molecule has 0 radical (unpaired) electrons. The molecule has 6 rings (SSSR count). The monoisotopic (exact) mass is 569 g/mol. The Morgan fingerprint density at radius 2 is 1.79 bits per heavy atom. The number of rotatable bonds is 6. The van der Waals surface area contributed by atoms with Crippen molar-refractivity contribution >= 4 is 29.1 Å². The van der Waals surface area contributed by atoms with E-state index in [0.717, 1.165) is 12.0 Å². The van der Waals surface area contributed by atoms with Crippen molar-refractivity contribution < 1.29 is 28.8 Å². The fraction of sp³-hybridized carbons (Fsp3) is 0.233. The molecule has 1 fully saturated rings. The SMILES string of the molecule is O=C(Nc1ccc(-c2noc(=O)[nH]2)cc1)[C@H](O)[C@H]1OCCN(c2cccc(C(=O)N3CCc4ccccc4C3)c2)C1=O.